The van der Waals surface area contributed by atoms with E-state index in [4.69, 9.17) is 0 Å². The average molecular weight is 327 g/mol. The van der Waals surface area contributed by atoms with Crippen LogP contribution >= 0.6 is 0 Å². The standard InChI is InChI=1S/C18H27F2NO2/c1-3-4-5-6-7-8-9-10-13-21(2)18(23)14-11-12-15(19)16(20)17(14)22/h11-12,22H,3-10,13H2,1-2H3. The highest BCUT2D eigenvalue weighted by Gasteiger charge is 2.20. The number of phenols is 1. The molecule has 0 heterocycles. The van der Waals surface area contributed by atoms with Crippen LogP contribution in [-0.4, -0.2) is 29.5 Å². The smallest absolute Gasteiger partial charge is 0.257 e. The van der Waals surface area contributed by atoms with Crippen molar-refractivity contribution in [2.45, 2.75) is 58.3 Å². The molecule has 1 aromatic carbocycles. The normalized spacial score (nSPS) is 10.8. The second-order valence-corrected chi connectivity index (χ2v) is 5.96. The molecule has 1 amide bonds. The van der Waals surface area contributed by atoms with Crippen LogP contribution in [0.15, 0.2) is 12.1 Å². The first-order valence-corrected chi connectivity index (χ1v) is 8.41. The van der Waals surface area contributed by atoms with Gasteiger partial charge in [-0.05, 0) is 18.6 Å². The van der Waals surface area contributed by atoms with E-state index in [-0.39, 0.29) is 5.56 Å². The average Bonchev–Trinajstić information content (AvgIpc) is 2.54. The molecule has 1 N–H and O–H groups in total. The molecule has 130 valence electrons. The van der Waals surface area contributed by atoms with E-state index in [1.54, 1.807) is 7.05 Å². The highest BCUT2D eigenvalue weighted by atomic mass is 19.2. The number of rotatable bonds is 10. The van der Waals surface area contributed by atoms with Crippen LogP contribution in [0.5, 0.6) is 5.75 Å². The quantitative estimate of drug-likeness (QED) is 0.622. The molecule has 1 aromatic rings. The number of benzene rings is 1. The summed E-state index contributed by atoms with van der Waals surface area (Å²) in [5, 5.41) is 9.55. The summed E-state index contributed by atoms with van der Waals surface area (Å²) in [5.74, 6) is -3.96. The van der Waals surface area contributed by atoms with Crippen molar-refractivity contribution in [1.29, 1.82) is 0 Å². The lowest BCUT2D eigenvalue weighted by atomic mass is 10.1. The van der Waals surface area contributed by atoms with E-state index in [1.807, 2.05) is 0 Å². The highest BCUT2D eigenvalue weighted by molar-refractivity contribution is 5.96. The van der Waals surface area contributed by atoms with E-state index < -0.39 is 23.3 Å². The molecule has 0 unspecified atom stereocenters. The fourth-order valence-corrected chi connectivity index (χ4v) is 2.50. The fraction of sp³-hybridized carbons (Fsp3) is 0.611. The maximum absolute atomic E-state index is 13.3. The van der Waals surface area contributed by atoms with Gasteiger partial charge >= 0.3 is 0 Å². The van der Waals surface area contributed by atoms with Crippen LogP contribution in [0.3, 0.4) is 0 Å². The lowest BCUT2D eigenvalue weighted by molar-refractivity contribution is 0.0788. The Kier molecular flexibility index (Phi) is 8.59. The number of carbonyl (C=O) groups is 1. The van der Waals surface area contributed by atoms with Gasteiger partial charge in [-0.15, -0.1) is 0 Å². The van der Waals surface area contributed by atoms with Crippen LogP contribution in [0.1, 0.15) is 68.6 Å². The zero-order chi connectivity index (χ0) is 17.2. The van der Waals surface area contributed by atoms with Crippen LogP contribution in [0.4, 0.5) is 8.78 Å². The van der Waals surface area contributed by atoms with Gasteiger partial charge < -0.3 is 10.0 Å². The third-order valence-corrected chi connectivity index (χ3v) is 3.99. The van der Waals surface area contributed by atoms with Gasteiger partial charge in [0.1, 0.15) is 0 Å². The van der Waals surface area contributed by atoms with Crippen LogP contribution in [0, 0.1) is 11.6 Å². The second-order valence-electron chi connectivity index (χ2n) is 5.96. The Hall–Kier alpha value is -1.65. The number of hydrogen-bond acceptors (Lipinski definition) is 2. The molecule has 1 rings (SSSR count). The molecule has 23 heavy (non-hydrogen) atoms. The van der Waals surface area contributed by atoms with Gasteiger partial charge in [0.2, 0.25) is 5.82 Å². The van der Waals surface area contributed by atoms with Crippen molar-refractivity contribution in [2.24, 2.45) is 0 Å². The molecule has 0 bridgehead atoms. The zero-order valence-corrected chi connectivity index (χ0v) is 14.1. The summed E-state index contributed by atoms with van der Waals surface area (Å²) in [4.78, 5) is 13.6. The van der Waals surface area contributed by atoms with E-state index in [2.05, 4.69) is 6.92 Å². The lowest BCUT2D eigenvalue weighted by Gasteiger charge is -2.18. The largest absolute Gasteiger partial charge is 0.504 e. The predicted molar refractivity (Wildman–Crippen MR) is 87.6 cm³/mol. The van der Waals surface area contributed by atoms with Crippen molar-refractivity contribution in [3.8, 4) is 5.75 Å². The van der Waals surface area contributed by atoms with E-state index >= 15 is 0 Å². The van der Waals surface area contributed by atoms with E-state index in [0.717, 1.165) is 31.4 Å². The van der Waals surface area contributed by atoms with Crippen LogP contribution in [-0.2, 0) is 0 Å². The maximum atomic E-state index is 13.3. The van der Waals surface area contributed by atoms with Crippen molar-refractivity contribution in [3.05, 3.63) is 29.3 Å². The minimum absolute atomic E-state index is 0.203. The van der Waals surface area contributed by atoms with Gasteiger partial charge in [-0.2, -0.15) is 4.39 Å². The summed E-state index contributed by atoms with van der Waals surface area (Å²) < 4.78 is 26.3. The Morgan fingerprint density at radius 3 is 2.22 bits per heavy atom. The highest BCUT2D eigenvalue weighted by Crippen LogP contribution is 2.24. The van der Waals surface area contributed by atoms with E-state index in [1.165, 1.54) is 37.0 Å². The Morgan fingerprint density at radius 1 is 1.04 bits per heavy atom. The topological polar surface area (TPSA) is 40.5 Å². The van der Waals surface area contributed by atoms with Gasteiger partial charge in [-0.3, -0.25) is 4.79 Å². The molecule has 0 saturated heterocycles. The van der Waals surface area contributed by atoms with Gasteiger partial charge in [-0.1, -0.05) is 51.9 Å². The van der Waals surface area contributed by atoms with Gasteiger partial charge in [0.25, 0.3) is 5.91 Å². The van der Waals surface area contributed by atoms with Crippen molar-refractivity contribution >= 4 is 5.91 Å². The monoisotopic (exact) mass is 327 g/mol. The van der Waals surface area contributed by atoms with Crippen molar-refractivity contribution in [1.82, 2.24) is 4.90 Å². The molecular formula is C18H27F2NO2. The molecule has 0 atom stereocenters. The molecule has 0 aliphatic carbocycles. The molecule has 0 fully saturated rings. The lowest BCUT2D eigenvalue weighted by Crippen LogP contribution is -2.28. The molecule has 5 heteroatoms. The number of carbonyl (C=O) groups excluding carboxylic acids is 1. The molecule has 0 aromatic heterocycles. The number of phenolic OH excluding ortho intramolecular Hbond substituents is 1. The van der Waals surface area contributed by atoms with E-state index in [9.17, 15) is 18.7 Å². The zero-order valence-electron chi connectivity index (χ0n) is 14.1. The van der Waals surface area contributed by atoms with Gasteiger partial charge in [0.05, 0.1) is 5.56 Å². The summed E-state index contributed by atoms with van der Waals surface area (Å²) in [6, 6.07) is 1.97. The maximum Gasteiger partial charge on any atom is 0.257 e. The first-order valence-electron chi connectivity index (χ1n) is 8.41. The Labute approximate surface area is 137 Å². The van der Waals surface area contributed by atoms with Crippen molar-refractivity contribution in [3.63, 3.8) is 0 Å². The van der Waals surface area contributed by atoms with Crippen molar-refractivity contribution in [2.75, 3.05) is 13.6 Å². The number of amides is 1. The van der Waals surface area contributed by atoms with E-state index in [0.29, 0.717) is 6.54 Å². The molecular weight excluding hydrogens is 300 g/mol. The minimum Gasteiger partial charge on any atom is -0.504 e. The van der Waals surface area contributed by atoms with Crippen LogP contribution < -0.4 is 0 Å². The number of halogens is 2. The SMILES string of the molecule is CCCCCCCCCCN(C)C(=O)c1ccc(F)c(F)c1O. The molecule has 3 nitrogen and oxygen atoms in total. The Balaban J connectivity index is 2.34. The van der Waals surface area contributed by atoms with Gasteiger partial charge in [-0.25, -0.2) is 4.39 Å². The summed E-state index contributed by atoms with van der Waals surface area (Å²) in [7, 11) is 1.60. The van der Waals surface area contributed by atoms with Gasteiger partial charge in [0.15, 0.2) is 11.6 Å². The number of aromatic hydroxyl groups is 1. The Bertz CT molecular complexity index is 506. The minimum atomic E-state index is -1.38. The van der Waals surface area contributed by atoms with Crippen LogP contribution in [0.2, 0.25) is 0 Å². The molecule has 0 saturated carbocycles. The second kappa shape index (κ2) is 10.2. The first-order chi connectivity index (χ1) is 11.0. The molecule has 0 aliphatic heterocycles. The predicted octanol–water partition coefficient (Wildman–Crippen LogP) is 4.88. The number of unbranched alkanes of at least 4 members (excludes halogenated alkanes) is 7. The molecule has 0 radical (unpaired) electrons. The van der Waals surface area contributed by atoms with Gasteiger partial charge in [0, 0.05) is 13.6 Å². The fourth-order valence-electron chi connectivity index (χ4n) is 2.50. The third kappa shape index (κ3) is 6.16. The summed E-state index contributed by atoms with van der Waals surface area (Å²) in [6.07, 6.45) is 9.31. The summed E-state index contributed by atoms with van der Waals surface area (Å²) >= 11 is 0. The number of hydrogen-bond donors (Lipinski definition) is 1. The van der Waals surface area contributed by atoms with Crippen LogP contribution in [0.25, 0.3) is 0 Å². The molecule has 0 spiro atoms. The Morgan fingerprint density at radius 2 is 1.61 bits per heavy atom. The third-order valence-electron chi connectivity index (χ3n) is 3.99. The molecule has 0 aliphatic rings. The first kappa shape index (κ1) is 19.4. The number of nitrogens with zero attached hydrogens (tertiary/aromatic N) is 1. The summed E-state index contributed by atoms with van der Waals surface area (Å²) in [6.45, 7) is 2.73. The summed E-state index contributed by atoms with van der Waals surface area (Å²) in [5.41, 5.74) is -0.203. The van der Waals surface area contributed by atoms with Crippen molar-refractivity contribution < 1.29 is 18.7 Å².